The molecule has 0 spiro atoms. The molecule has 24 heavy (non-hydrogen) atoms. The molecule has 2 aromatic rings. The smallest absolute Gasteiger partial charge is 0.286 e. The highest BCUT2D eigenvalue weighted by Gasteiger charge is 2.27. The highest BCUT2D eigenvalue weighted by Crippen LogP contribution is 2.32. The van der Waals surface area contributed by atoms with E-state index in [1.807, 2.05) is 36.4 Å². The van der Waals surface area contributed by atoms with Crippen LogP contribution in [0.25, 0.3) is 17.3 Å². The van der Waals surface area contributed by atoms with E-state index in [0.717, 1.165) is 35.1 Å². The van der Waals surface area contributed by atoms with Crippen LogP contribution in [0.3, 0.4) is 0 Å². The van der Waals surface area contributed by atoms with Crippen LogP contribution in [0.2, 0.25) is 0 Å². The summed E-state index contributed by atoms with van der Waals surface area (Å²) in [5.74, 6) is -0.193. The number of hydrogen-bond donors (Lipinski definition) is 1. The normalized spacial score (nSPS) is 19.8. The number of H-pyrrole nitrogens is 1. The minimum atomic E-state index is -0.193. The van der Waals surface area contributed by atoms with E-state index < -0.39 is 0 Å². The second-order valence-electron chi connectivity index (χ2n) is 5.48. The molecule has 0 bridgehead atoms. The number of carbonyl (C=O) groups is 1. The number of benzene rings is 1. The van der Waals surface area contributed by atoms with E-state index >= 15 is 0 Å². The van der Waals surface area contributed by atoms with Crippen molar-refractivity contribution in [1.29, 1.82) is 0 Å². The number of nitrogens with zero attached hydrogens (tertiary/aromatic N) is 3. The third-order valence-corrected chi connectivity index (χ3v) is 4.95. The van der Waals surface area contributed by atoms with Gasteiger partial charge in [-0.3, -0.25) is 9.89 Å². The minimum absolute atomic E-state index is 0.193. The molecule has 1 aromatic heterocycles. The topological polar surface area (TPSA) is 70.6 Å². The second-order valence-corrected chi connectivity index (χ2v) is 6.49. The maximum Gasteiger partial charge on any atom is 0.286 e. The molecule has 0 atom stereocenters. The first-order valence-electron chi connectivity index (χ1n) is 7.75. The Morgan fingerprint density at radius 1 is 1.21 bits per heavy atom. The van der Waals surface area contributed by atoms with Gasteiger partial charge in [0.1, 0.15) is 0 Å². The maximum absolute atomic E-state index is 12.2. The van der Waals surface area contributed by atoms with Crippen molar-refractivity contribution in [2.24, 2.45) is 4.99 Å². The lowest BCUT2D eigenvalue weighted by Crippen LogP contribution is -2.38. The van der Waals surface area contributed by atoms with E-state index in [1.165, 1.54) is 11.8 Å². The molecule has 1 saturated heterocycles. The number of thioether (sulfide) groups is 1. The Kier molecular flexibility index (Phi) is 4.18. The van der Waals surface area contributed by atoms with Gasteiger partial charge in [-0.05, 0) is 17.8 Å². The number of amides is 1. The number of hydrogen-bond acceptors (Lipinski definition) is 5. The number of aliphatic imine (C=N–C) groups is 1. The highest BCUT2D eigenvalue weighted by atomic mass is 32.2. The van der Waals surface area contributed by atoms with E-state index in [2.05, 4.69) is 20.1 Å². The molecule has 7 heteroatoms. The highest BCUT2D eigenvalue weighted by molar-refractivity contribution is 8.18. The van der Waals surface area contributed by atoms with Gasteiger partial charge in [0.25, 0.3) is 5.91 Å². The minimum Gasteiger partial charge on any atom is -0.378 e. The van der Waals surface area contributed by atoms with Crippen LogP contribution < -0.4 is 0 Å². The SMILES string of the molecule is O=C1N=C(N2CCOCC2)S/C1=C/c1cn[nH]c1-c1ccccc1. The second kappa shape index (κ2) is 6.62. The molecular formula is C17H16N4O2S. The fourth-order valence-electron chi connectivity index (χ4n) is 2.67. The summed E-state index contributed by atoms with van der Waals surface area (Å²) < 4.78 is 5.35. The van der Waals surface area contributed by atoms with Crippen molar-refractivity contribution in [3.8, 4) is 11.3 Å². The molecule has 1 fully saturated rings. The molecule has 0 aliphatic carbocycles. The average Bonchev–Trinajstić information content (AvgIpc) is 3.24. The molecule has 0 unspecified atom stereocenters. The number of aromatic nitrogens is 2. The number of morpholine rings is 1. The standard InChI is InChI=1S/C17H16N4O2S/c22-16-14(24-17(19-16)21-6-8-23-9-7-21)10-13-11-18-20-15(13)12-4-2-1-3-5-12/h1-5,10-11H,6-9H2,(H,18,20)/b14-10+. The predicted octanol–water partition coefficient (Wildman–Crippen LogP) is 2.38. The summed E-state index contributed by atoms with van der Waals surface area (Å²) >= 11 is 1.42. The van der Waals surface area contributed by atoms with Gasteiger partial charge in [-0.25, -0.2) is 0 Å². The van der Waals surface area contributed by atoms with Crippen LogP contribution in [-0.4, -0.2) is 52.5 Å². The van der Waals surface area contributed by atoms with E-state index in [0.29, 0.717) is 18.1 Å². The Hall–Kier alpha value is -2.38. The number of carbonyl (C=O) groups excluding carboxylic acids is 1. The van der Waals surface area contributed by atoms with Gasteiger partial charge < -0.3 is 9.64 Å². The van der Waals surface area contributed by atoms with E-state index in [4.69, 9.17) is 4.74 Å². The number of ether oxygens (including phenoxy) is 1. The molecule has 1 amide bonds. The van der Waals surface area contributed by atoms with Crippen LogP contribution in [0.4, 0.5) is 0 Å². The van der Waals surface area contributed by atoms with Gasteiger partial charge in [0, 0.05) is 24.2 Å². The Balaban J connectivity index is 1.57. The van der Waals surface area contributed by atoms with Crippen LogP contribution >= 0.6 is 11.8 Å². The first-order valence-corrected chi connectivity index (χ1v) is 8.57. The zero-order valence-corrected chi connectivity index (χ0v) is 13.8. The van der Waals surface area contributed by atoms with E-state index in [1.54, 1.807) is 6.20 Å². The first kappa shape index (κ1) is 15.2. The number of amidine groups is 1. The Labute approximate surface area is 143 Å². The van der Waals surface area contributed by atoms with Gasteiger partial charge >= 0.3 is 0 Å². The number of nitrogens with one attached hydrogen (secondary N) is 1. The maximum atomic E-state index is 12.2. The van der Waals surface area contributed by atoms with Gasteiger partial charge in [-0.15, -0.1) is 0 Å². The lowest BCUT2D eigenvalue weighted by Gasteiger charge is -2.27. The molecule has 3 heterocycles. The third-order valence-electron chi connectivity index (χ3n) is 3.91. The van der Waals surface area contributed by atoms with Crippen molar-refractivity contribution in [3.05, 3.63) is 47.0 Å². The van der Waals surface area contributed by atoms with Crippen molar-refractivity contribution in [2.75, 3.05) is 26.3 Å². The fourth-order valence-corrected chi connectivity index (χ4v) is 3.63. The molecular weight excluding hydrogens is 324 g/mol. The van der Waals surface area contributed by atoms with Gasteiger partial charge in [0.05, 0.1) is 30.0 Å². The van der Waals surface area contributed by atoms with Gasteiger partial charge in [-0.1, -0.05) is 30.3 Å². The largest absolute Gasteiger partial charge is 0.378 e. The summed E-state index contributed by atoms with van der Waals surface area (Å²) in [6, 6.07) is 9.94. The summed E-state index contributed by atoms with van der Waals surface area (Å²) in [6.07, 6.45) is 3.59. The van der Waals surface area contributed by atoms with Crippen LogP contribution in [0.1, 0.15) is 5.56 Å². The van der Waals surface area contributed by atoms with Gasteiger partial charge in [0.15, 0.2) is 5.17 Å². The summed E-state index contributed by atoms with van der Waals surface area (Å²) in [4.78, 5) is 19.1. The van der Waals surface area contributed by atoms with Crippen LogP contribution in [0.15, 0.2) is 46.4 Å². The summed E-state index contributed by atoms with van der Waals surface area (Å²) in [5.41, 5.74) is 2.82. The molecule has 4 rings (SSSR count). The Morgan fingerprint density at radius 2 is 2.00 bits per heavy atom. The molecule has 2 aliphatic heterocycles. The molecule has 1 aromatic carbocycles. The number of rotatable bonds is 2. The van der Waals surface area contributed by atoms with Crippen molar-refractivity contribution < 1.29 is 9.53 Å². The Morgan fingerprint density at radius 3 is 2.79 bits per heavy atom. The molecule has 2 aliphatic rings. The molecule has 122 valence electrons. The van der Waals surface area contributed by atoms with Crippen molar-refractivity contribution in [2.45, 2.75) is 0 Å². The quantitative estimate of drug-likeness (QED) is 0.850. The third kappa shape index (κ3) is 3.00. The van der Waals surface area contributed by atoms with Crippen LogP contribution in [-0.2, 0) is 9.53 Å². The van der Waals surface area contributed by atoms with E-state index in [9.17, 15) is 4.79 Å². The monoisotopic (exact) mass is 340 g/mol. The zero-order valence-electron chi connectivity index (χ0n) is 12.9. The van der Waals surface area contributed by atoms with Crippen molar-refractivity contribution in [1.82, 2.24) is 15.1 Å². The fraction of sp³-hybridized carbons (Fsp3) is 0.235. The van der Waals surface area contributed by atoms with E-state index in [-0.39, 0.29) is 5.91 Å². The first-order chi connectivity index (χ1) is 11.8. The Bertz CT molecular complexity index is 807. The van der Waals surface area contributed by atoms with Crippen LogP contribution in [0, 0.1) is 0 Å². The zero-order chi connectivity index (χ0) is 16.4. The molecule has 0 radical (unpaired) electrons. The summed E-state index contributed by atoms with van der Waals surface area (Å²) in [7, 11) is 0. The lowest BCUT2D eigenvalue weighted by molar-refractivity contribution is -0.113. The summed E-state index contributed by atoms with van der Waals surface area (Å²) in [5, 5.41) is 7.89. The van der Waals surface area contributed by atoms with Crippen molar-refractivity contribution >= 4 is 28.9 Å². The summed E-state index contributed by atoms with van der Waals surface area (Å²) in [6.45, 7) is 2.89. The molecule has 1 N–H and O–H groups in total. The molecule has 0 saturated carbocycles. The lowest BCUT2D eigenvalue weighted by atomic mass is 10.1. The molecule has 6 nitrogen and oxygen atoms in total. The predicted molar refractivity (Wildman–Crippen MR) is 94.4 cm³/mol. The van der Waals surface area contributed by atoms with Gasteiger partial charge in [-0.2, -0.15) is 10.1 Å². The number of aromatic amines is 1. The van der Waals surface area contributed by atoms with Crippen LogP contribution in [0.5, 0.6) is 0 Å². The van der Waals surface area contributed by atoms with Gasteiger partial charge in [0.2, 0.25) is 0 Å². The average molecular weight is 340 g/mol. The van der Waals surface area contributed by atoms with Crippen molar-refractivity contribution in [3.63, 3.8) is 0 Å².